The lowest BCUT2D eigenvalue weighted by Gasteiger charge is -2.34. The topological polar surface area (TPSA) is 58.4 Å². The minimum Gasteiger partial charge on any atom is -0.396 e. The number of imidazole rings is 1. The third-order valence-electron chi connectivity index (χ3n) is 5.14. The van der Waals surface area contributed by atoms with Gasteiger partial charge >= 0.3 is 0 Å². The van der Waals surface area contributed by atoms with Gasteiger partial charge in [-0.2, -0.15) is 0 Å². The molecule has 5 nitrogen and oxygen atoms in total. The molecule has 0 saturated carbocycles. The van der Waals surface area contributed by atoms with Crippen molar-refractivity contribution in [3.05, 3.63) is 18.2 Å². The van der Waals surface area contributed by atoms with Gasteiger partial charge in [0.25, 0.3) is 5.91 Å². The zero-order valence-electron chi connectivity index (χ0n) is 11.5. The number of amides is 1. The first kappa shape index (κ1) is 12.7. The van der Waals surface area contributed by atoms with Crippen LogP contribution in [0.2, 0.25) is 0 Å². The Bertz CT molecular complexity index is 493. The Hall–Kier alpha value is -1.36. The first-order chi connectivity index (χ1) is 9.13. The van der Waals surface area contributed by atoms with Crippen molar-refractivity contribution in [2.24, 2.45) is 12.5 Å². The lowest BCUT2D eigenvalue weighted by molar-refractivity contribution is 0.0550. The molecule has 5 heteroatoms. The number of hydrogen-bond donors (Lipinski definition) is 1. The number of aromatic nitrogens is 2. The SMILES string of the molecule is CC[C@]1(CO)C[C@H]2CC[C@@H]1N2C(=O)c1cncn1C. The van der Waals surface area contributed by atoms with Gasteiger partial charge in [-0.15, -0.1) is 0 Å². The average Bonchev–Trinajstić information content (AvgIpc) is 3.10. The molecule has 2 aliphatic rings. The molecular formula is C14H21N3O2. The lowest BCUT2D eigenvalue weighted by Crippen LogP contribution is -2.42. The van der Waals surface area contributed by atoms with Crippen molar-refractivity contribution in [3.8, 4) is 0 Å². The molecule has 3 heterocycles. The summed E-state index contributed by atoms with van der Waals surface area (Å²) in [6, 6.07) is 0.481. The Kier molecular flexibility index (Phi) is 2.89. The van der Waals surface area contributed by atoms with Gasteiger partial charge in [-0.3, -0.25) is 4.79 Å². The van der Waals surface area contributed by atoms with Gasteiger partial charge in [0.1, 0.15) is 5.69 Å². The Morgan fingerprint density at radius 1 is 1.58 bits per heavy atom. The normalized spacial score (nSPS) is 33.1. The Morgan fingerprint density at radius 2 is 2.37 bits per heavy atom. The molecule has 1 aromatic rings. The minimum atomic E-state index is -0.0861. The van der Waals surface area contributed by atoms with Crippen LogP contribution in [0.4, 0.5) is 0 Å². The van der Waals surface area contributed by atoms with E-state index in [1.807, 2.05) is 11.9 Å². The highest BCUT2D eigenvalue weighted by Gasteiger charge is 2.56. The highest BCUT2D eigenvalue weighted by Crippen LogP contribution is 2.51. The molecule has 19 heavy (non-hydrogen) atoms. The van der Waals surface area contributed by atoms with Crippen LogP contribution in [0.15, 0.2) is 12.5 Å². The molecule has 2 saturated heterocycles. The monoisotopic (exact) mass is 263 g/mol. The number of rotatable bonds is 3. The number of aliphatic hydroxyl groups is 1. The van der Waals surface area contributed by atoms with Gasteiger partial charge in [-0.25, -0.2) is 4.98 Å². The fourth-order valence-electron chi connectivity index (χ4n) is 3.95. The van der Waals surface area contributed by atoms with Crippen molar-refractivity contribution in [2.75, 3.05) is 6.61 Å². The smallest absolute Gasteiger partial charge is 0.272 e. The van der Waals surface area contributed by atoms with Crippen LogP contribution in [0.25, 0.3) is 0 Å². The summed E-state index contributed by atoms with van der Waals surface area (Å²) in [6.07, 6.45) is 7.24. The van der Waals surface area contributed by atoms with E-state index >= 15 is 0 Å². The molecule has 1 aromatic heterocycles. The van der Waals surface area contributed by atoms with Crippen LogP contribution < -0.4 is 0 Å². The zero-order valence-corrected chi connectivity index (χ0v) is 11.5. The van der Waals surface area contributed by atoms with Crippen LogP contribution in [0, 0.1) is 5.41 Å². The fourth-order valence-corrected chi connectivity index (χ4v) is 3.95. The molecule has 3 rings (SSSR count). The molecule has 0 radical (unpaired) electrons. The summed E-state index contributed by atoms with van der Waals surface area (Å²) < 4.78 is 1.77. The van der Waals surface area contributed by atoms with E-state index < -0.39 is 0 Å². The van der Waals surface area contributed by atoms with Crippen molar-refractivity contribution in [3.63, 3.8) is 0 Å². The molecule has 0 aliphatic carbocycles. The largest absolute Gasteiger partial charge is 0.396 e. The Labute approximate surface area is 113 Å². The maximum Gasteiger partial charge on any atom is 0.272 e. The Balaban J connectivity index is 1.91. The number of fused-ring (bicyclic) bond motifs is 2. The van der Waals surface area contributed by atoms with Crippen molar-refractivity contribution in [1.82, 2.24) is 14.5 Å². The molecule has 2 fully saturated rings. The number of hydrogen-bond acceptors (Lipinski definition) is 3. The highest BCUT2D eigenvalue weighted by atomic mass is 16.3. The number of aliphatic hydroxyl groups excluding tert-OH is 1. The summed E-state index contributed by atoms with van der Waals surface area (Å²) in [7, 11) is 1.84. The summed E-state index contributed by atoms with van der Waals surface area (Å²) in [5.74, 6) is 0.0660. The maximum absolute atomic E-state index is 12.7. The molecule has 104 valence electrons. The van der Waals surface area contributed by atoms with Crippen molar-refractivity contribution in [2.45, 2.75) is 44.7 Å². The molecule has 0 unspecified atom stereocenters. The van der Waals surface area contributed by atoms with Crippen molar-refractivity contribution >= 4 is 5.91 Å². The number of nitrogens with zero attached hydrogens (tertiary/aromatic N) is 3. The van der Waals surface area contributed by atoms with E-state index in [0.29, 0.717) is 11.7 Å². The second-order valence-corrected chi connectivity index (χ2v) is 5.93. The number of carbonyl (C=O) groups is 1. The standard InChI is InChI=1S/C14H21N3O2/c1-3-14(8-18)6-10-4-5-12(14)17(10)13(19)11-7-15-9-16(11)2/h7,9-10,12,18H,3-6,8H2,1-2H3/t10-,12+,14-/m1/s1. The molecule has 0 spiro atoms. The quantitative estimate of drug-likeness (QED) is 0.891. The molecule has 2 aliphatic heterocycles. The van der Waals surface area contributed by atoms with Gasteiger partial charge in [-0.05, 0) is 25.7 Å². The number of carbonyl (C=O) groups excluding carboxylic acids is 1. The third kappa shape index (κ3) is 1.64. The summed E-state index contributed by atoms with van der Waals surface area (Å²) in [5, 5.41) is 9.77. The van der Waals surface area contributed by atoms with Crippen LogP contribution >= 0.6 is 0 Å². The van der Waals surface area contributed by atoms with Gasteiger partial charge in [-0.1, -0.05) is 6.92 Å². The maximum atomic E-state index is 12.7. The second-order valence-electron chi connectivity index (χ2n) is 5.93. The van der Waals surface area contributed by atoms with Crippen LogP contribution in [-0.4, -0.2) is 44.2 Å². The van der Waals surface area contributed by atoms with Gasteiger partial charge < -0.3 is 14.6 Å². The van der Waals surface area contributed by atoms with Crippen molar-refractivity contribution in [1.29, 1.82) is 0 Å². The highest BCUT2D eigenvalue weighted by molar-refractivity contribution is 5.93. The predicted octanol–water partition coefficient (Wildman–Crippen LogP) is 1.19. The first-order valence-electron chi connectivity index (χ1n) is 7.03. The second kappa shape index (κ2) is 4.34. The van der Waals surface area contributed by atoms with Gasteiger partial charge in [0.2, 0.25) is 0 Å². The predicted molar refractivity (Wildman–Crippen MR) is 70.6 cm³/mol. The minimum absolute atomic E-state index is 0.0660. The van der Waals surface area contributed by atoms with E-state index in [0.717, 1.165) is 25.7 Å². The average molecular weight is 263 g/mol. The van der Waals surface area contributed by atoms with E-state index in [2.05, 4.69) is 11.9 Å². The molecule has 3 atom stereocenters. The van der Waals surface area contributed by atoms with Crippen LogP contribution in [0.5, 0.6) is 0 Å². The van der Waals surface area contributed by atoms with Gasteiger partial charge in [0.15, 0.2) is 0 Å². The van der Waals surface area contributed by atoms with Crippen molar-refractivity contribution < 1.29 is 9.90 Å². The summed E-state index contributed by atoms with van der Waals surface area (Å²) in [4.78, 5) is 18.7. The molecule has 1 N–H and O–H groups in total. The first-order valence-corrected chi connectivity index (χ1v) is 7.03. The summed E-state index contributed by atoms with van der Waals surface area (Å²) in [6.45, 7) is 2.30. The zero-order chi connectivity index (χ0) is 13.6. The van der Waals surface area contributed by atoms with E-state index in [1.54, 1.807) is 17.1 Å². The summed E-state index contributed by atoms with van der Waals surface area (Å²) in [5.41, 5.74) is 0.554. The summed E-state index contributed by atoms with van der Waals surface area (Å²) >= 11 is 0. The van der Waals surface area contributed by atoms with Crippen LogP contribution in [0.1, 0.15) is 43.1 Å². The molecule has 1 amide bonds. The van der Waals surface area contributed by atoms with Gasteiger partial charge in [0.05, 0.1) is 19.1 Å². The number of aryl methyl sites for hydroxylation is 1. The molecule has 2 bridgehead atoms. The molecule has 0 aromatic carbocycles. The fraction of sp³-hybridized carbons (Fsp3) is 0.714. The van der Waals surface area contributed by atoms with Crippen LogP contribution in [0.3, 0.4) is 0 Å². The van der Waals surface area contributed by atoms with E-state index in [4.69, 9.17) is 0 Å². The van der Waals surface area contributed by atoms with Gasteiger partial charge in [0, 0.05) is 24.5 Å². The third-order valence-corrected chi connectivity index (χ3v) is 5.14. The Morgan fingerprint density at radius 3 is 2.89 bits per heavy atom. The van der Waals surface area contributed by atoms with E-state index in [9.17, 15) is 9.90 Å². The van der Waals surface area contributed by atoms with E-state index in [-0.39, 0.29) is 24.0 Å². The lowest BCUT2D eigenvalue weighted by atomic mass is 9.72. The molecular weight excluding hydrogens is 242 g/mol. The van der Waals surface area contributed by atoms with E-state index in [1.165, 1.54) is 0 Å². The van der Waals surface area contributed by atoms with Crippen LogP contribution in [-0.2, 0) is 7.05 Å².